The highest BCUT2D eigenvalue weighted by molar-refractivity contribution is 7.88. The number of fused-ring (bicyclic) bond motifs is 1. The van der Waals surface area contributed by atoms with E-state index in [4.69, 9.17) is 0 Å². The van der Waals surface area contributed by atoms with Gasteiger partial charge in [0.15, 0.2) is 5.82 Å². The van der Waals surface area contributed by atoms with Crippen molar-refractivity contribution in [3.8, 4) is 0 Å². The van der Waals surface area contributed by atoms with E-state index in [2.05, 4.69) is 15.3 Å². The highest BCUT2D eigenvalue weighted by Crippen LogP contribution is 2.18. The van der Waals surface area contributed by atoms with Crippen LogP contribution in [0.15, 0.2) is 24.3 Å². The average Bonchev–Trinajstić information content (AvgIpc) is 2.96. The lowest BCUT2D eigenvalue weighted by molar-refractivity contribution is 0.0932. The van der Waals surface area contributed by atoms with Crippen molar-refractivity contribution in [3.63, 3.8) is 0 Å². The minimum Gasteiger partial charge on any atom is -0.349 e. The SMILES string of the molecule is CS(=O)(=O)N1CCC[C@@H](CNC(=O)c2nc3ccccc3[nH]2)C1. The molecule has 0 bridgehead atoms. The predicted octanol–water partition coefficient (Wildman–Crippen LogP) is 0.964. The highest BCUT2D eigenvalue weighted by Gasteiger charge is 2.26. The first kappa shape index (κ1) is 15.9. The van der Waals surface area contributed by atoms with Crippen molar-refractivity contribution >= 4 is 27.0 Å². The Bertz CT molecular complexity index is 782. The van der Waals surface area contributed by atoms with E-state index in [0.29, 0.717) is 19.6 Å². The van der Waals surface area contributed by atoms with Crippen molar-refractivity contribution in [2.24, 2.45) is 5.92 Å². The molecule has 0 radical (unpaired) electrons. The largest absolute Gasteiger partial charge is 0.349 e. The summed E-state index contributed by atoms with van der Waals surface area (Å²) in [6, 6.07) is 7.45. The second-order valence-electron chi connectivity index (χ2n) is 5.94. The lowest BCUT2D eigenvalue weighted by Gasteiger charge is -2.30. The number of H-pyrrole nitrogens is 1. The molecule has 7 nitrogen and oxygen atoms in total. The molecule has 2 heterocycles. The summed E-state index contributed by atoms with van der Waals surface area (Å²) in [5.74, 6) is 0.145. The third kappa shape index (κ3) is 3.70. The molecular weight excluding hydrogens is 316 g/mol. The van der Waals surface area contributed by atoms with Gasteiger partial charge in [0.2, 0.25) is 10.0 Å². The lowest BCUT2D eigenvalue weighted by Crippen LogP contribution is -2.43. The third-order valence-electron chi connectivity index (χ3n) is 4.11. The van der Waals surface area contributed by atoms with E-state index in [1.807, 2.05) is 24.3 Å². The number of imidazole rings is 1. The fourth-order valence-electron chi connectivity index (χ4n) is 2.88. The Morgan fingerprint density at radius 3 is 2.96 bits per heavy atom. The Morgan fingerprint density at radius 1 is 1.43 bits per heavy atom. The number of hydrogen-bond donors (Lipinski definition) is 2. The molecule has 1 aliphatic rings. The lowest BCUT2D eigenvalue weighted by atomic mass is 10.00. The molecule has 1 amide bonds. The number of sulfonamides is 1. The zero-order valence-corrected chi connectivity index (χ0v) is 13.8. The number of benzene rings is 1. The summed E-state index contributed by atoms with van der Waals surface area (Å²) >= 11 is 0. The van der Waals surface area contributed by atoms with Crippen LogP contribution in [0.2, 0.25) is 0 Å². The Hall–Kier alpha value is -1.93. The van der Waals surface area contributed by atoms with E-state index in [9.17, 15) is 13.2 Å². The van der Waals surface area contributed by atoms with E-state index in [1.54, 1.807) is 0 Å². The molecule has 3 rings (SSSR count). The predicted molar refractivity (Wildman–Crippen MR) is 87.6 cm³/mol. The summed E-state index contributed by atoms with van der Waals surface area (Å²) in [6.07, 6.45) is 2.95. The smallest absolute Gasteiger partial charge is 0.287 e. The van der Waals surface area contributed by atoms with Crippen LogP contribution < -0.4 is 5.32 Å². The van der Waals surface area contributed by atoms with Crippen molar-refractivity contribution in [2.45, 2.75) is 12.8 Å². The van der Waals surface area contributed by atoms with Crippen LogP contribution in [0.1, 0.15) is 23.5 Å². The van der Waals surface area contributed by atoms with Gasteiger partial charge in [-0.15, -0.1) is 0 Å². The fourth-order valence-corrected chi connectivity index (χ4v) is 3.82. The van der Waals surface area contributed by atoms with Gasteiger partial charge in [-0.05, 0) is 30.9 Å². The first-order valence-corrected chi connectivity index (χ1v) is 9.46. The van der Waals surface area contributed by atoms with Crippen LogP contribution >= 0.6 is 0 Å². The molecule has 8 heteroatoms. The van der Waals surface area contributed by atoms with Gasteiger partial charge in [0, 0.05) is 19.6 Å². The van der Waals surface area contributed by atoms with E-state index < -0.39 is 10.0 Å². The van der Waals surface area contributed by atoms with Crippen LogP contribution in [0.25, 0.3) is 11.0 Å². The van der Waals surface area contributed by atoms with E-state index >= 15 is 0 Å². The molecule has 1 aromatic carbocycles. The molecule has 124 valence electrons. The molecule has 0 spiro atoms. The monoisotopic (exact) mass is 336 g/mol. The van der Waals surface area contributed by atoms with Gasteiger partial charge in [-0.3, -0.25) is 4.79 Å². The van der Waals surface area contributed by atoms with Gasteiger partial charge in [-0.2, -0.15) is 0 Å². The first-order valence-electron chi connectivity index (χ1n) is 7.61. The number of rotatable bonds is 4. The molecule has 1 aliphatic heterocycles. The minimum absolute atomic E-state index is 0.131. The molecule has 2 aromatic rings. The zero-order valence-electron chi connectivity index (χ0n) is 12.9. The maximum atomic E-state index is 12.2. The summed E-state index contributed by atoms with van der Waals surface area (Å²) in [4.78, 5) is 19.4. The highest BCUT2D eigenvalue weighted by atomic mass is 32.2. The topological polar surface area (TPSA) is 95.2 Å². The normalized spacial score (nSPS) is 19.8. The molecule has 1 fully saturated rings. The van der Waals surface area contributed by atoms with Crippen molar-refractivity contribution in [1.29, 1.82) is 0 Å². The van der Waals surface area contributed by atoms with Crippen LogP contribution in [-0.4, -0.2) is 54.5 Å². The number of carbonyl (C=O) groups is 1. The maximum absolute atomic E-state index is 12.2. The molecule has 23 heavy (non-hydrogen) atoms. The molecule has 0 saturated carbocycles. The average molecular weight is 336 g/mol. The molecule has 0 unspecified atom stereocenters. The van der Waals surface area contributed by atoms with Gasteiger partial charge in [0.1, 0.15) is 0 Å². The molecular formula is C15H20N4O3S. The third-order valence-corrected chi connectivity index (χ3v) is 5.38. The van der Waals surface area contributed by atoms with Crippen LogP contribution in [-0.2, 0) is 10.0 Å². The second kappa shape index (κ2) is 6.29. The number of piperidine rings is 1. The van der Waals surface area contributed by atoms with Crippen LogP contribution in [0, 0.1) is 5.92 Å². The van der Waals surface area contributed by atoms with Crippen molar-refractivity contribution < 1.29 is 13.2 Å². The molecule has 1 saturated heterocycles. The van der Waals surface area contributed by atoms with Crippen LogP contribution in [0.4, 0.5) is 0 Å². The Labute approximate surface area is 135 Å². The number of hydrogen-bond acceptors (Lipinski definition) is 4. The summed E-state index contributed by atoms with van der Waals surface area (Å²) < 4.78 is 24.7. The van der Waals surface area contributed by atoms with Crippen LogP contribution in [0.5, 0.6) is 0 Å². The van der Waals surface area contributed by atoms with E-state index in [1.165, 1.54) is 10.6 Å². The van der Waals surface area contributed by atoms with Gasteiger partial charge in [0.25, 0.3) is 5.91 Å². The van der Waals surface area contributed by atoms with Gasteiger partial charge < -0.3 is 10.3 Å². The van der Waals surface area contributed by atoms with Gasteiger partial charge >= 0.3 is 0 Å². The molecule has 1 aromatic heterocycles. The van der Waals surface area contributed by atoms with Gasteiger partial charge in [0.05, 0.1) is 17.3 Å². The van der Waals surface area contributed by atoms with Crippen LogP contribution in [0.3, 0.4) is 0 Å². The minimum atomic E-state index is -3.16. The van der Waals surface area contributed by atoms with E-state index in [0.717, 1.165) is 23.9 Å². The Kier molecular flexibility index (Phi) is 4.36. The fraction of sp³-hybridized carbons (Fsp3) is 0.467. The quantitative estimate of drug-likeness (QED) is 0.869. The molecule has 1 atom stereocenters. The first-order chi connectivity index (χ1) is 10.9. The number of nitrogens with zero attached hydrogens (tertiary/aromatic N) is 2. The van der Waals surface area contributed by atoms with Crippen molar-refractivity contribution in [1.82, 2.24) is 19.6 Å². The Morgan fingerprint density at radius 2 is 2.22 bits per heavy atom. The number of carbonyl (C=O) groups excluding carboxylic acids is 1. The van der Waals surface area contributed by atoms with Crippen molar-refractivity contribution in [2.75, 3.05) is 25.9 Å². The van der Waals surface area contributed by atoms with Crippen molar-refractivity contribution in [3.05, 3.63) is 30.1 Å². The Balaban J connectivity index is 1.60. The molecule has 2 N–H and O–H groups in total. The maximum Gasteiger partial charge on any atom is 0.287 e. The van der Waals surface area contributed by atoms with Gasteiger partial charge in [-0.1, -0.05) is 12.1 Å². The summed E-state index contributed by atoms with van der Waals surface area (Å²) in [5.41, 5.74) is 1.57. The van der Waals surface area contributed by atoms with E-state index in [-0.39, 0.29) is 17.6 Å². The zero-order chi connectivity index (χ0) is 16.4. The summed E-state index contributed by atoms with van der Waals surface area (Å²) in [6.45, 7) is 1.47. The number of aromatic nitrogens is 2. The number of amides is 1. The standard InChI is InChI=1S/C15H20N4O3S/c1-23(21,22)19-8-4-5-11(10-19)9-16-15(20)14-17-12-6-2-3-7-13(12)18-14/h2-3,6-7,11H,4-5,8-10H2,1H3,(H,16,20)(H,17,18)/t11-/m0/s1. The number of para-hydroxylation sites is 2. The number of nitrogens with one attached hydrogen (secondary N) is 2. The summed E-state index contributed by atoms with van der Waals surface area (Å²) in [7, 11) is -3.16. The second-order valence-corrected chi connectivity index (χ2v) is 7.92. The van der Waals surface area contributed by atoms with Gasteiger partial charge in [-0.25, -0.2) is 17.7 Å². The number of aromatic amines is 1. The molecule has 0 aliphatic carbocycles. The summed E-state index contributed by atoms with van der Waals surface area (Å²) in [5, 5.41) is 2.85.